The third-order valence-corrected chi connectivity index (χ3v) is 4.80. The average Bonchev–Trinajstić information content (AvgIpc) is 2.93. The molecule has 1 heterocycles. The minimum Gasteiger partial charge on any atom is -0.370 e. The van der Waals surface area contributed by atoms with E-state index in [1.165, 1.54) is 22.2 Å². The van der Waals surface area contributed by atoms with Crippen molar-refractivity contribution in [2.75, 3.05) is 25.0 Å². The summed E-state index contributed by atoms with van der Waals surface area (Å²) < 4.78 is 17.3. The number of nitrogens with zero attached hydrogens (tertiary/aromatic N) is 3. The molecule has 0 saturated carbocycles. The molecule has 0 aliphatic heterocycles. The number of anilines is 1. The lowest BCUT2D eigenvalue weighted by Crippen LogP contribution is -2.28. The van der Waals surface area contributed by atoms with Crippen LogP contribution >= 0.6 is 0 Å². The highest BCUT2D eigenvalue weighted by atomic mass is 19.1. The van der Waals surface area contributed by atoms with Gasteiger partial charge in [0.15, 0.2) is 0 Å². The number of imidazole rings is 1. The largest absolute Gasteiger partial charge is 0.370 e. The Morgan fingerprint density at radius 2 is 2.04 bits per heavy atom. The Bertz CT molecular complexity index is 887. The number of aryl methyl sites for hydroxylation is 1. The molecule has 8 heteroatoms. The van der Waals surface area contributed by atoms with Crippen LogP contribution in [0.4, 0.5) is 10.1 Å². The molecule has 0 radical (unpaired) electrons. The van der Waals surface area contributed by atoms with Gasteiger partial charge in [-0.15, -0.1) is 0 Å². The van der Waals surface area contributed by atoms with Crippen LogP contribution in [-0.2, 0) is 16.6 Å². The van der Waals surface area contributed by atoms with Crippen LogP contribution in [0.1, 0.15) is 39.2 Å². The molecular weight excluding hydrogens is 351 g/mol. The number of halogens is 1. The molecule has 0 aliphatic rings. The van der Waals surface area contributed by atoms with Gasteiger partial charge in [-0.3, -0.25) is 13.9 Å². The lowest BCUT2D eigenvalue weighted by atomic mass is 10.1. The van der Waals surface area contributed by atoms with Crippen LogP contribution in [0.3, 0.4) is 0 Å². The predicted octanol–water partition coefficient (Wildman–Crippen LogP) is 1.98. The standard InChI is InChI=1S/C19H27FN4O3/c1-5-11-23(6-2)15-9-8-14(20)17-18(15)22(4)19(27)24(17)13(12-25)7-10-16(26)21-3/h8-9,12-13H,5-7,10-11H2,1-4H3,(H,21,26). The van der Waals surface area contributed by atoms with E-state index in [2.05, 4.69) is 17.1 Å². The smallest absolute Gasteiger partial charge is 0.329 e. The first-order chi connectivity index (χ1) is 12.9. The quantitative estimate of drug-likeness (QED) is 0.677. The minimum absolute atomic E-state index is 0.0704. The molecule has 148 valence electrons. The number of fused-ring (bicyclic) bond motifs is 1. The summed E-state index contributed by atoms with van der Waals surface area (Å²) >= 11 is 0. The van der Waals surface area contributed by atoms with Crippen LogP contribution in [0, 0.1) is 5.82 Å². The van der Waals surface area contributed by atoms with Gasteiger partial charge in [-0.2, -0.15) is 0 Å². The Morgan fingerprint density at radius 1 is 1.33 bits per heavy atom. The highest BCUT2D eigenvalue weighted by molar-refractivity contribution is 5.91. The third-order valence-electron chi connectivity index (χ3n) is 4.80. The van der Waals surface area contributed by atoms with Gasteiger partial charge in [0.25, 0.3) is 0 Å². The number of aromatic nitrogens is 2. The van der Waals surface area contributed by atoms with E-state index >= 15 is 0 Å². The van der Waals surface area contributed by atoms with Gasteiger partial charge in [-0.05, 0) is 31.9 Å². The maximum atomic E-state index is 14.7. The Labute approximate surface area is 157 Å². The number of carbonyl (C=O) groups excluding carboxylic acids is 2. The number of benzene rings is 1. The maximum absolute atomic E-state index is 14.7. The maximum Gasteiger partial charge on any atom is 0.329 e. The first-order valence-electron chi connectivity index (χ1n) is 9.21. The second-order valence-corrected chi connectivity index (χ2v) is 6.47. The molecule has 1 amide bonds. The van der Waals surface area contributed by atoms with E-state index in [1.54, 1.807) is 13.1 Å². The molecule has 0 aliphatic carbocycles. The highest BCUT2D eigenvalue weighted by Gasteiger charge is 2.25. The number of amides is 1. The van der Waals surface area contributed by atoms with E-state index in [9.17, 15) is 18.8 Å². The topological polar surface area (TPSA) is 76.3 Å². The Kier molecular flexibility index (Phi) is 6.76. The van der Waals surface area contributed by atoms with Crippen molar-refractivity contribution in [1.82, 2.24) is 14.5 Å². The fraction of sp³-hybridized carbons (Fsp3) is 0.526. The zero-order valence-electron chi connectivity index (χ0n) is 16.3. The van der Waals surface area contributed by atoms with Gasteiger partial charge in [0.2, 0.25) is 5.91 Å². The van der Waals surface area contributed by atoms with Crippen molar-refractivity contribution < 1.29 is 14.0 Å². The van der Waals surface area contributed by atoms with Crippen molar-refractivity contribution in [3.8, 4) is 0 Å². The molecule has 1 N–H and O–H groups in total. The fourth-order valence-corrected chi connectivity index (χ4v) is 3.40. The summed E-state index contributed by atoms with van der Waals surface area (Å²) in [4.78, 5) is 38.1. The van der Waals surface area contributed by atoms with Gasteiger partial charge in [0.1, 0.15) is 17.6 Å². The zero-order valence-corrected chi connectivity index (χ0v) is 16.3. The summed E-state index contributed by atoms with van der Waals surface area (Å²) in [7, 11) is 3.08. The molecule has 2 rings (SSSR count). The first kappa shape index (κ1) is 20.7. The second kappa shape index (κ2) is 8.83. The molecule has 2 aromatic rings. The lowest BCUT2D eigenvalue weighted by molar-refractivity contribution is -0.121. The SMILES string of the molecule is CCCN(CC)c1ccc(F)c2c1n(C)c(=O)n2C(C=O)CCC(=O)NC. The predicted molar refractivity (Wildman–Crippen MR) is 104 cm³/mol. The van der Waals surface area contributed by atoms with Gasteiger partial charge in [-0.25, -0.2) is 9.18 Å². The van der Waals surface area contributed by atoms with Crippen molar-refractivity contribution >= 4 is 28.9 Å². The van der Waals surface area contributed by atoms with E-state index in [1.807, 2.05) is 6.92 Å². The van der Waals surface area contributed by atoms with Gasteiger partial charge in [0.05, 0.1) is 17.2 Å². The number of hydrogen-bond donors (Lipinski definition) is 1. The molecule has 0 spiro atoms. The van der Waals surface area contributed by atoms with Crippen molar-refractivity contribution in [2.45, 2.75) is 39.2 Å². The number of rotatable bonds is 9. The summed E-state index contributed by atoms with van der Waals surface area (Å²) in [6, 6.07) is 2.08. The number of hydrogen-bond acceptors (Lipinski definition) is 4. The van der Waals surface area contributed by atoms with Crippen LogP contribution in [0.25, 0.3) is 11.0 Å². The first-order valence-corrected chi connectivity index (χ1v) is 9.21. The minimum atomic E-state index is -0.912. The Balaban J connectivity index is 2.68. The molecule has 1 aromatic carbocycles. The summed E-state index contributed by atoms with van der Waals surface area (Å²) in [5.41, 5.74) is 0.841. The van der Waals surface area contributed by atoms with Crippen LogP contribution < -0.4 is 15.9 Å². The molecular formula is C19H27FN4O3. The molecule has 1 atom stereocenters. The van der Waals surface area contributed by atoms with E-state index in [4.69, 9.17) is 0 Å². The summed E-state index contributed by atoms with van der Waals surface area (Å²) in [5, 5.41) is 2.48. The zero-order chi connectivity index (χ0) is 20.1. The normalized spacial score (nSPS) is 12.2. The summed E-state index contributed by atoms with van der Waals surface area (Å²) in [6.07, 6.45) is 1.70. The molecule has 1 unspecified atom stereocenters. The monoisotopic (exact) mass is 378 g/mol. The van der Waals surface area contributed by atoms with E-state index in [0.29, 0.717) is 18.3 Å². The number of carbonyl (C=O) groups is 2. The highest BCUT2D eigenvalue weighted by Crippen LogP contribution is 2.30. The molecule has 0 bridgehead atoms. The number of nitrogens with one attached hydrogen (secondary N) is 1. The van der Waals surface area contributed by atoms with E-state index in [0.717, 1.165) is 18.7 Å². The molecule has 7 nitrogen and oxygen atoms in total. The van der Waals surface area contributed by atoms with Gasteiger partial charge < -0.3 is 15.0 Å². The Morgan fingerprint density at radius 3 is 2.59 bits per heavy atom. The number of aldehydes is 1. The van der Waals surface area contributed by atoms with Gasteiger partial charge >= 0.3 is 5.69 Å². The summed E-state index contributed by atoms with van der Waals surface area (Å²) in [6.45, 7) is 5.53. The second-order valence-electron chi connectivity index (χ2n) is 6.47. The van der Waals surface area contributed by atoms with Crippen LogP contribution in [0.2, 0.25) is 0 Å². The van der Waals surface area contributed by atoms with Gasteiger partial charge in [0, 0.05) is 33.6 Å². The molecule has 27 heavy (non-hydrogen) atoms. The van der Waals surface area contributed by atoms with Crippen LogP contribution in [-0.4, -0.2) is 41.5 Å². The van der Waals surface area contributed by atoms with Gasteiger partial charge in [-0.1, -0.05) is 6.92 Å². The van der Waals surface area contributed by atoms with Crippen molar-refractivity contribution in [1.29, 1.82) is 0 Å². The molecule has 1 aromatic heterocycles. The average molecular weight is 378 g/mol. The third kappa shape index (κ3) is 3.89. The fourth-order valence-electron chi connectivity index (χ4n) is 3.40. The van der Waals surface area contributed by atoms with Crippen LogP contribution in [0.15, 0.2) is 16.9 Å². The lowest BCUT2D eigenvalue weighted by Gasteiger charge is -2.24. The van der Waals surface area contributed by atoms with Crippen LogP contribution in [0.5, 0.6) is 0 Å². The molecule has 0 saturated heterocycles. The van der Waals surface area contributed by atoms with Crippen molar-refractivity contribution in [3.05, 3.63) is 28.4 Å². The van der Waals surface area contributed by atoms with Crippen molar-refractivity contribution in [3.63, 3.8) is 0 Å². The molecule has 0 fully saturated rings. The van der Waals surface area contributed by atoms with E-state index < -0.39 is 17.5 Å². The Hall–Kier alpha value is -2.64. The van der Waals surface area contributed by atoms with Crippen molar-refractivity contribution in [2.24, 2.45) is 7.05 Å². The van der Waals surface area contributed by atoms with E-state index in [-0.39, 0.29) is 24.3 Å². The summed E-state index contributed by atoms with van der Waals surface area (Å²) in [5.74, 6) is -0.804.